The summed E-state index contributed by atoms with van der Waals surface area (Å²) in [4.78, 5) is 3.71. The minimum Gasteiger partial charge on any atom is -0.311 e. The molecular weight excluding hydrogens is 803 g/mol. The van der Waals surface area contributed by atoms with Crippen LogP contribution in [0.1, 0.15) is 22.3 Å². The van der Waals surface area contributed by atoms with Crippen LogP contribution in [0.5, 0.6) is 0 Å². The van der Waals surface area contributed by atoms with Crippen molar-refractivity contribution in [2.75, 3.05) is 4.90 Å². The molecule has 0 fully saturated rings. The summed E-state index contributed by atoms with van der Waals surface area (Å²) >= 11 is 1.92. The van der Waals surface area contributed by atoms with Gasteiger partial charge in [-0.3, -0.25) is 0 Å². The monoisotopic (exact) mass is 845 g/mol. The molecule has 1 aliphatic rings. The van der Waals surface area contributed by atoms with E-state index >= 15 is 0 Å². The van der Waals surface area contributed by atoms with E-state index in [0.717, 1.165) is 17.1 Å². The number of thiophene rings is 1. The maximum Gasteiger partial charge on any atom is 0.0728 e. The van der Waals surface area contributed by atoms with Crippen LogP contribution in [0.4, 0.5) is 17.1 Å². The summed E-state index contributed by atoms with van der Waals surface area (Å²) in [6, 6.07) is 95.4. The maximum absolute atomic E-state index is 2.48. The molecule has 306 valence electrons. The van der Waals surface area contributed by atoms with Gasteiger partial charge in [-0.2, -0.15) is 0 Å². The molecule has 1 aromatic heterocycles. The lowest BCUT2D eigenvalue weighted by Crippen LogP contribution is -2.28. The van der Waals surface area contributed by atoms with Gasteiger partial charge in [0, 0.05) is 26.6 Å². The number of rotatable bonds is 9. The Morgan fingerprint density at radius 3 is 1.22 bits per heavy atom. The van der Waals surface area contributed by atoms with Gasteiger partial charge in [0.05, 0.1) is 5.41 Å². The van der Waals surface area contributed by atoms with Gasteiger partial charge in [0.15, 0.2) is 0 Å². The Kier molecular flexibility index (Phi) is 9.66. The third-order valence-corrected chi connectivity index (χ3v) is 14.4. The van der Waals surface area contributed by atoms with E-state index in [0.29, 0.717) is 0 Å². The number of hydrogen-bond acceptors (Lipinski definition) is 2. The Bertz CT molecular complexity index is 3310. The fourth-order valence-corrected chi connectivity index (χ4v) is 11.4. The second-order valence-electron chi connectivity index (χ2n) is 16.8. The van der Waals surface area contributed by atoms with Gasteiger partial charge in [-0.15, -0.1) is 11.3 Å². The lowest BCUT2D eigenvalue weighted by molar-refractivity contribution is 0.777. The lowest BCUT2D eigenvalue weighted by Gasteiger charge is -2.34. The van der Waals surface area contributed by atoms with Crippen molar-refractivity contribution in [3.05, 3.63) is 283 Å². The summed E-state index contributed by atoms with van der Waals surface area (Å²) in [6.07, 6.45) is 0. The summed E-state index contributed by atoms with van der Waals surface area (Å²) in [5.41, 5.74) is 19.0. The third-order valence-electron chi connectivity index (χ3n) is 13.2. The van der Waals surface area contributed by atoms with Crippen LogP contribution >= 0.6 is 11.3 Å². The molecule has 12 rings (SSSR count). The summed E-state index contributed by atoms with van der Waals surface area (Å²) < 4.78 is 1.33. The summed E-state index contributed by atoms with van der Waals surface area (Å²) in [5, 5.41) is 1.33. The Morgan fingerprint density at radius 2 is 0.692 bits per heavy atom. The molecular formula is C63H43NS. The maximum atomic E-state index is 2.48. The predicted octanol–water partition coefficient (Wildman–Crippen LogP) is 17.4. The fraction of sp³-hybridized carbons (Fsp3) is 0.0159. The first-order valence-electron chi connectivity index (χ1n) is 22.3. The van der Waals surface area contributed by atoms with E-state index in [1.807, 2.05) is 11.3 Å². The molecule has 0 unspecified atom stereocenters. The molecule has 0 saturated carbocycles. The number of nitrogens with zero attached hydrogens (tertiary/aromatic N) is 1. The van der Waals surface area contributed by atoms with Crippen molar-refractivity contribution in [3.8, 4) is 54.9 Å². The Labute approximate surface area is 384 Å². The average Bonchev–Trinajstić information content (AvgIpc) is 3.91. The second-order valence-corrected chi connectivity index (χ2v) is 17.9. The Morgan fingerprint density at radius 1 is 0.308 bits per heavy atom. The van der Waals surface area contributed by atoms with Crippen LogP contribution in [0.25, 0.3) is 65.0 Å². The number of hydrogen-bond donors (Lipinski definition) is 0. The first-order chi connectivity index (χ1) is 32.2. The molecule has 0 spiro atoms. The molecule has 0 N–H and O–H groups in total. The van der Waals surface area contributed by atoms with Gasteiger partial charge in [0.2, 0.25) is 0 Å². The highest BCUT2D eigenvalue weighted by Crippen LogP contribution is 2.61. The van der Waals surface area contributed by atoms with Gasteiger partial charge in [-0.25, -0.2) is 0 Å². The summed E-state index contributed by atoms with van der Waals surface area (Å²) in [6.45, 7) is 0. The normalized spacial score (nSPS) is 12.4. The minimum atomic E-state index is -0.466. The van der Waals surface area contributed by atoms with Crippen molar-refractivity contribution in [3.63, 3.8) is 0 Å². The lowest BCUT2D eigenvalue weighted by atomic mass is 9.67. The zero-order chi connectivity index (χ0) is 43.2. The zero-order valence-electron chi connectivity index (χ0n) is 35.7. The van der Waals surface area contributed by atoms with Gasteiger partial charge >= 0.3 is 0 Å². The Balaban J connectivity index is 0.926. The molecule has 0 saturated heterocycles. The van der Waals surface area contributed by atoms with Crippen LogP contribution in [0.15, 0.2) is 261 Å². The van der Waals surface area contributed by atoms with E-state index in [-0.39, 0.29) is 0 Å². The fourth-order valence-electron chi connectivity index (χ4n) is 10.1. The molecule has 0 aliphatic heterocycles. The SMILES string of the molecule is c1ccc(-c2ccc(N(c3ccc(-c4ccccc4)cc3)c3ccc(-c4cccc(-c5ccc6c(c5)C(c5ccccc5)(c5ccccc5)c5c-6sc6ccccc56)c4)cc3)cc2)cc1. The van der Waals surface area contributed by atoms with Gasteiger partial charge in [0.25, 0.3) is 0 Å². The van der Waals surface area contributed by atoms with Crippen LogP contribution in [0.2, 0.25) is 0 Å². The van der Waals surface area contributed by atoms with Crippen LogP contribution < -0.4 is 4.90 Å². The van der Waals surface area contributed by atoms with Crippen molar-refractivity contribution in [2.24, 2.45) is 0 Å². The highest BCUT2D eigenvalue weighted by Gasteiger charge is 2.48. The van der Waals surface area contributed by atoms with E-state index in [2.05, 4.69) is 266 Å². The van der Waals surface area contributed by atoms with Crippen molar-refractivity contribution in [1.29, 1.82) is 0 Å². The van der Waals surface area contributed by atoms with Crippen molar-refractivity contribution < 1.29 is 0 Å². The Hall–Kier alpha value is -8.04. The highest BCUT2D eigenvalue weighted by molar-refractivity contribution is 7.22. The second kappa shape index (κ2) is 16.3. The van der Waals surface area contributed by atoms with Gasteiger partial charge in [0.1, 0.15) is 0 Å². The number of benzene rings is 10. The molecule has 0 amide bonds. The topological polar surface area (TPSA) is 3.24 Å². The number of fused-ring (bicyclic) bond motifs is 5. The molecule has 65 heavy (non-hydrogen) atoms. The smallest absolute Gasteiger partial charge is 0.0728 e. The molecule has 1 heterocycles. The van der Waals surface area contributed by atoms with E-state index in [1.54, 1.807) is 0 Å². The van der Waals surface area contributed by atoms with E-state index in [9.17, 15) is 0 Å². The highest BCUT2D eigenvalue weighted by atomic mass is 32.1. The van der Waals surface area contributed by atoms with Crippen LogP contribution in [-0.4, -0.2) is 0 Å². The molecule has 1 aliphatic carbocycles. The molecule has 0 atom stereocenters. The minimum absolute atomic E-state index is 0.466. The predicted molar refractivity (Wildman–Crippen MR) is 276 cm³/mol. The average molecular weight is 846 g/mol. The molecule has 0 radical (unpaired) electrons. The number of anilines is 3. The van der Waals surface area contributed by atoms with Gasteiger partial charge in [-0.05, 0) is 132 Å². The van der Waals surface area contributed by atoms with Gasteiger partial charge < -0.3 is 4.90 Å². The molecule has 11 aromatic rings. The first kappa shape index (κ1) is 38.6. The van der Waals surface area contributed by atoms with E-state index < -0.39 is 5.41 Å². The molecule has 1 nitrogen and oxygen atoms in total. The van der Waals surface area contributed by atoms with Crippen molar-refractivity contribution in [1.82, 2.24) is 0 Å². The van der Waals surface area contributed by atoms with E-state index in [4.69, 9.17) is 0 Å². The van der Waals surface area contributed by atoms with Crippen LogP contribution in [0.3, 0.4) is 0 Å². The van der Waals surface area contributed by atoms with Crippen molar-refractivity contribution >= 4 is 38.5 Å². The standard InChI is InChI=1S/C63H43NS/c1-5-16-44(17-6-1)46-28-35-54(36-29-46)64(55-37-30-47(31-38-55)45-18-7-2-8-19-45)56-39-32-48(33-40-56)49-20-15-21-50(42-49)51-34-41-57-59(43-51)63(52-22-9-3-10-23-52,53-24-11-4-12-25-53)61-58-26-13-14-27-60(58)65-62(57)61/h1-43H. The zero-order valence-corrected chi connectivity index (χ0v) is 36.5. The van der Waals surface area contributed by atoms with Crippen LogP contribution in [0, 0.1) is 0 Å². The first-order valence-corrected chi connectivity index (χ1v) is 23.1. The van der Waals surface area contributed by atoms with E-state index in [1.165, 1.54) is 87.3 Å². The van der Waals surface area contributed by atoms with Crippen LogP contribution in [-0.2, 0) is 5.41 Å². The molecule has 0 bridgehead atoms. The summed E-state index contributed by atoms with van der Waals surface area (Å²) in [5.74, 6) is 0. The largest absolute Gasteiger partial charge is 0.311 e. The quantitative estimate of drug-likeness (QED) is 0.140. The third kappa shape index (κ3) is 6.70. The van der Waals surface area contributed by atoms with Crippen molar-refractivity contribution in [2.45, 2.75) is 5.41 Å². The van der Waals surface area contributed by atoms with Gasteiger partial charge in [-0.1, -0.05) is 206 Å². The molecule has 10 aromatic carbocycles. The molecule has 2 heteroatoms. The summed E-state index contributed by atoms with van der Waals surface area (Å²) in [7, 11) is 0.